The van der Waals surface area contributed by atoms with E-state index in [2.05, 4.69) is 0 Å². The number of nitrogens with zero attached hydrogens (tertiary/aromatic N) is 2. The average Bonchev–Trinajstić information content (AvgIpc) is 3.13. The number of hydrogen-bond acceptors (Lipinski definition) is 2. The maximum Gasteiger partial charge on any atom is 0.245 e. The van der Waals surface area contributed by atoms with E-state index in [1.54, 1.807) is 6.92 Å². The molecule has 1 atom stereocenters. The van der Waals surface area contributed by atoms with Gasteiger partial charge in [-0.25, -0.2) is 0 Å². The maximum absolute atomic E-state index is 12.6. The van der Waals surface area contributed by atoms with Crippen molar-refractivity contribution in [2.45, 2.75) is 32.7 Å². The number of fused-ring (bicyclic) bond motifs is 1. The van der Waals surface area contributed by atoms with Gasteiger partial charge in [0.25, 0.3) is 0 Å². The van der Waals surface area contributed by atoms with Crippen molar-refractivity contribution in [2.75, 3.05) is 13.1 Å². The molecule has 1 aliphatic rings. The molecule has 0 spiro atoms. The first-order chi connectivity index (χ1) is 10.1. The third-order valence-electron chi connectivity index (χ3n) is 4.31. The van der Waals surface area contributed by atoms with E-state index in [-0.39, 0.29) is 17.7 Å². The minimum atomic E-state index is -0.277. The highest BCUT2D eigenvalue weighted by molar-refractivity contribution is 6.07. The molecule has 21 heavy (non-hydrogen) atoms. The predicted molar refractivity (Wildman–Crippen MR) is 82.5 cm³/mol. The van der Waals surface area contributed by atoms with Crippen LogP contribution in [0.3, 0.4) is 0 Å². The van der Waals surface area contributed by atoms with Gasteiger partial charge in [0.05, 0.1) is 0 Å². The largest absolute Gasteiger partial charge is 0.341 e. The topological polar surface area (TPSA) is 42.3 Å². The molecule has 110 valence electrons. The third kappa shape index (κ3) is 2.35. The van der Waals surface area contributed by atoms with Crippen molar-refractivity contribution in [3.05, 3.63) is 36.0 Å². The Morgan fingerprint density at radius 1 is 1.14 bits per heavy atom. The van der Waals surface area contributed by atoms with E-state index in [0.717, 1.165) is 36.8 Å². The van der Waals surface area contributed by atoms with E-state index in [9.17, 15) is 9.59 Å². The third-order valence-corrected chi connectivity index (χ3v) is 4.31. The Morgan fingerprint density at radius 2 is 1.81 bits per heavy atom. The summed E-state index contributed by atoms with van der Waals surface area (Å²) in [6.07, 6.45) is 4.00. The number of aromatic nitrogens is 1. The van der Waals surface area contributed by atoms with E-state index in [1.165, 1.54) is 0 Å². The van der Waals surface area contributed by atoms with Gasteiger partial charge < -0.3 is 9.47 Å². The lowest BCUT2D eigenvalue weighted by Crippen LogP contribution is -2.33. The number of benzene rings is 1. The number of rotatable bonds is 3. The first kappa shape index (κ1) is 13.9. The lowest BCUT2D eigenvalue weighted by molar-refractivity contribution is -0.133. The molecule has 2 aromatic rings. The fourth-order valence-electron chi connectivity index (χ4n) is 3.13. The van der Waals surface area contributed by atoms with Crippen LogP contribution in [0.4, 0.5) is 0 Å². The Kier molecular flexibility index (Phi) is 3.53. The van der Waals surface area contributed by atoms with Crippen molar-refractivity contribution in [2.24, 2.45) is 0 Å². The van der Waals surface area contributed by atoms with E-state index >= 15 is 0 Å². The molecule has 0 saturated carbocycles. The minimum Gasteiger partial charge on any atom is -0.341 e. The van der Waals surface area contributed by atoms with Gasteiger partial charge in [-0.1, -0.05) is 18.2 Å². The number of carbonyl (C=O) groups excluding carboxylic acids is 2. The number of Topliss-reactive ketones (excluding diaryl/α,β-unsaturated/α-hetero) is 1. The van der Waals surface area contributed by atoms with Crippen molar-refractivity contribution in [3.63, 3.8) is 0 Å². The normalized spacial score (nSPS) is 16.4. The molecule has 0 aliphatic carbocycles. The van der Waals surface area contributed by atoms with E-state index in [1.807, 2.05) is 46.9 Å². The summed E-state index contributed by atoms with van der Waals surface area (Å²) in [4.78, 5) is 26.3. The summed E-state index contributed by atoms with van der Waals surface area (Å²) in [5.74, 6) is 0.175. The van der Waals surface area contributed by atoms with Gasteiger partial charge in [0, 0.05) is 35.8 Å². The summed E-state index contributed by atoms with van der Waals surface area (Å²) in [6, 6.07) is 7.49. The molecule has 0 radical (unpaired) electrons. The Hall–Kier alpha value is -2.10. The monoisotopic (exact) mass is 284 g/mol. The molecule has 0 bridgehead atoms. The van der Waals surface area contributed by atoms with E-state index < -0.39 is 0 Å². The number of carbonyl (C=O) groups is 2. The first-order valence-electron chi connectivity index (χ1n) is 7.49. The second-order valence-corrected chi connectivity index (χ2v) is 5.73. The summed E-state index contributed by atoms with van der Waals surface area (Å²) in [6.45, 7) is 5.18. The highest BCUT2D eigenvalue weighted by Crippen LogP contribution is 2.26. The van der Waals surface area contributed by atoms with Crippen molar-refractivity contribution in [1.29, 1.82) is 0 Å². The zero-order valence-corrected chi connectivity index (χ0v) is 12.5. The van der Waals surface area contributed by atoms with Crippen LogP contribution in [-0.2, 0) is 4.79 Å². The van der Waals surface area contributed by atoms with Crippen LogP contribution in [0.2, 0.25) is 0 Å². The Balaban J connectivity index is 2.03. The van der Waals surface area contributed by atoms with Crippen LogP contribution in [0.1, 0.15) is 43.1 Å². The van der Waals surface area contributed by atoms with E-state index in [4.69, 9.17) is 0 Å². The molecule has 0 unspecified atom stereocenters. The van der Waals surface area contributed by atoms with Gasteiger partial charge in [0.15, 0.2) is 5.78 Å². The molecule has 4 heteroatoms. The molecule has 3 rings (SSSR count). The molecule has 0 N–H and O–H groups in total. The number of amides is 1. The van der Waals surface area contributed by atoms with Gasteiger partial charge in [0.1, 0.15) is 6.04 Å². The van der Waals surface area contributed by atoms with Crippen LogP contribution in [-0.4, -0.2) is 34.2 Å². The molecular weight excluding hydrogens is 264 g/mol. The number of likely N-dealkylation sites (tertiary alicyclic amines) is 1. The molecule has 1 aromatic heterocycles. The maximum atomic E-state index is 12.6. The summed E-state index contributed by atoms with van der Waals surface area (Å²) in [5, 5.41) is 0.922. The van der Waals surface area contributed by atoms with Crippen LogP contribution < -0.4 is 0 Å². The average molecular weight is 284 g/mol. The number of para-hydroxylation sites is 1. The standard InChI is InChI=1S/C17H20N2O2/c1-12(17(21)18-9-5-6-10-18)19-11-15(13(2)20)14-7-3-4-8-16(14)19/h3-4,7-8,11-12H,5-6,9-10H2,1-2H3/t12-/m0/s1. The quantitative estimate of drug-likeness (QED) is 0.813. The molecule has 1 aliphatic heterocycles. The molecule has 2 heterocycles. The molecule has 4 nitrogen and oxygen atoms in total. The predicted octanol–water partition coefficient (Wildman–Crippen LogP) is 3.03. The van der Waals surface area contributed by atoms with Crippen molar-refractivity contribution < 1.29 is 9.59 Å². The Bertz CT molecular complexity index is 696. The van der Waals surface area contributed by atoms with Gasteiger partial charge in [-0.2, -0.15) is 0 Å². The summed E-state index contributed by atoms with van der Waals surface area (Å²) >= 11 is 0. The van der Waals surface area contributed by atoms with Crippen LogP contribution in [0.5, 0.6) is 0 Å². The second kappa shape index (κ2) is 5.35. The van der Waals surface area contributed by atoms with Gasteiger partial charge in [-0.15, -0.1) is 0 Å². The van der Waals surface area contributed by atoms with Crippen LogP contribution in [0.25, 0.3) is 10.9 Å². The molecule has 1 aromatic carbocycles. The van der Waals surface area contributed by atoms with Crippen LogP contribution in [0.15, 0.2) is 30.5 Å². The van der Waals surface area contributed by atoms with Crippen LogP contribution in [0, 0.1) is 0 Å². The Morgan fingerprint density at radius 3 is 2.48 bits per heavy atom. The number of ketones is 1. The number of hydrogen-bond donors (Lipinski definition) is 0. The SMILES string of the molecule is CC(=O)c1cn([C@@H](C)C(=O)N2CCCC2)c2ccccc12. The van der Waals surface area contributed by atoms with Gasteiger partial charge in [0.2, 0.25) is 5.91 Å². The molecular formula is C17H20N2O2. The smallest absolute Gasteiger partial charge is 0.245 e. The summed E-state index contributed by atoms with van der Waals surface area (Å²) < 4.78 is 1.94. The zero-order valence-electron chi connectivity index (χ0n) is 12.5. The second-order valence-electron chi connectivity index (χ2n) is 5.73. The van der Waals surface area contributed by atoms with Gasteiger partial charge >= 0.3 is 0 Å². The minimum absolute atomic E-state index is 0.0331. The summed E-state index contributed by atoms with van der Waals surface area (Å²) in [7, 11) is 0. The zero-order chi connectivity index (χ0) is 15.0. The molecule has 1 fully saturated rings. The van der Waals surface area contributed by atoms with Gasteiger partial charge in [-0.3, -0.25) is 9.59 Å². The Labute approximate surface area is 124 Å². The molecule has 1 amide bonds. The molecule has 1 saturated heterocycles. The van der Waals surface area contributed by atoms with Gasteiger partial charge in [-0.05, 0) is 32.8 Å². The fourth-order valence-corrected chi connectivity index (χ4v) is 3.13. The van der Waals surface area contributed by atoms with Crippen molar-refractivity contribution in [1.82, 2.24) is 9.47 Å². The fraction of sp³-hybridized carbons (Fsp3) is 0.412. The lowest BCUT2D eigenvalue weighted by atomic mass is 10.1. The highest BCUT2D eigenvalue weighted by atomic mass is 16.2. The van der Waals surface area contributed by atoms with E-state index in [0.29, 0.717) is 5.56 Å². The first-order valence-corrected chi connectivity index (χ1v) is 7.49. The van der Waals surface area contributed by atoms with Crippen molar-refractivity contribution >= 4 is 22.6 Å². The summed E-state index contributed by atoms with van der Waals surface area (Å²) in [5.41, 5.74) is 1.63. The highest BCUT2D eigenvalue weighted by Gasteiger charge is 2.26. The lowest BCUT2D eigenvalue weighted by Gasteiger charge is -2.22. The van der Waals surface area contributed by atoms with Crippen molar-refractivity contribution in [3.8, 4) is 0 Å². The van der Waals surface area contributed by atoms with Crippen LogP contribution >= 0.6 is 0 Å².